The van der Waals surface area contributed by atoms with Crippen molar-refractivity contribution in [1.82, 2.24) is 0 Å². The zero-order valence-corrected chi connectivity index (χ0v) is 11.3. The highest BCUT2D eigenvalue weighted by Crippen LogP contribution is 2.41. The van der Waals surface area contributed by atoms with Crippen molar-refractivity contribution in [2.24, 2.45) is 0 Å². The summed E-state index contributed by atoms with van der Waals surface area (Å²) in [5.41, 5.74) is 0. The minimum absolute atomic E-state index is 0.0783. The average Bonchev–Trinajstić information content (AvgIpc) is 2.36. The van der Waals surface area contributed by atoms with Gasteiger partial charge in [-0.3, -0.25) is 0 Å². The van der Waals surface area contributed by atoms with Gasteiger partial charge in [0, 0.05) is 12.8 Å². The Morgan fingerprint density at radius 3 is 1.24 bits per heavy atom. The lowest BCUT2D eigenvalue weighted by molar-refractivity contribution is -0.354. The predicted octanol–water partition coefficient (Wildman–Crippen LogP) is 6.09. The number of hydrogen-bond donors (Lipinski definition) is 0. The third kappa shape index (κ3) is 5.64. The molecule has 0 saturated heterocycles. The van der Waals surface area contributed by atoms with E-state index in [2.05, 4.69) is 4.74 Å². The molecule has 0 aliphatic heterocycles. The third-order valence-corrected chi connectivity index (χ3v) is 2.18. The molecule has 21 heavy (non-hydrogen) atoms. The standard InChI is InChI=1S/C12H14F8O/c1-3-5-7(13)9(15)11(17,18)21-12(19,20)10(16)8(14)6-4-2/h3-6H2,1-2H3/b9-7-,10-8-. The quantitative estimate of drug-likeness (QED) is 0.490. The Balaban J connectivity index is 5.33. The van der Waals surface area contributed by atoms with E-state index in [-0.39, 0.29) is 12.8 Å². The molecule has 0 aromatic carbocycles. The molecule has 0 aliphatic rings. The monoisotopic (exact) mass is 326 g/mol. The highest BCUT2D eigenvalue weighted by atomic mass is 19.3. The molecule has 0 aromatic rings. The maximum absolute atomic E-state index is 13.0. The number of halogens is 8. The number of hydrogen-bond acceptors (Lipinski definition) is 1. The first-order chi connectivity index (χ1) is 9.49. The highest BCUT2D eigenvalue weighted by molar-refractivity contribution is 5.10. The minimum atomic E-state index is -5.42. The van der Waals surface area contributed by atoms with Gasteiger partial charge in [-0.05, 0) is 12.8 Å². The minimum Gasteiger partial charge on any atom is -0.243 e. The van der Waals surface area contributed by atoms with Crippen LogP contribution >= 0.6 is 0 Å². The molecule has 0 aliphatic carbocycles. The van der Waals surface area contributed by atoms with Gasteiger partial charge in [0.2, 0.25) is 11.7 Å². The van der Waals surface area contributed by atoms with Crippen molar-refractivity contribution in [1.29, 1.82) is 0 Å². The molecule has 0 bridgehead atoms. The molecule has 0 amide bonds. The van der Waals surface area contributed by atoms with Gasteiger partial charge in [0.1, 0.15) is 11.7 Å². The average molecular weight is 326 g/mol. The zero-order valence-electron chi connectivity index (χ0n) is 11.3. The molecule has 0 heterocycles. The summed E-state index contributed by atoms with van der Waals surface area (Å²) in [7, 11) is 0. The molecule has 0 saturated carbocycles. The van der Waals surface area contributed by atoms with Gasteiger partial charge in [0.05, 0.1) is 0 Å². The van der Waals surface area contributed by atoms with E-state index in [0.717, 1.165) is 0 Å². The topological polar surface area (TPSA) is 9.23 Å². The van der Waals surface area contributed by atoms with Gasteiger partial charge in [-0.15, -0.1) is 0 Å². The highest BCUT2D eigenvalue weighted by Gasteiger charge is 2.52. The van der Waals surface area contributed by atoms with Crippen LogP contribution in [-0.2, 0) is 4.74 Å². The predicted molar refractivity (Wildman–Crippen MR) is 59.3 cm³/mol. The summed E-state index contributed by atoms with van der Waals surface area (Å²) in [6, 6.07) is 0. The van der Waals surface area contributed by atoms with E-state index in [0.29, 0.717) is 0 Å². The number of alkyl halides is 4. The first-order valence-corrected chi connectivity index (χ1v) is 6.04. The summed E-state index contributed by atoms with van der Waals surface area (Å²) in [6.07, 6.45) is -12.6. The van der Waals surface area contributed by atoms with Crippen LogP contribution in [0.4, 0.5) is 35.1 Å². The van der Waals surface area contributed by atoms with Crippen molar-refractivity contribution < 1.29 is 39.9 Å². The zero-order chi connectivity index (χ0) is 16.8. The van der Waals surface area contributed by atoms with Crippen molar-refractivity contribution in [3.63, 3.8) is 0 Å². The summed E-state index contributed by atoms with van der Waals surface area (Å²) < 4.78 is 106. The molecule has 0 N–H and O–H groups in total. The van der Waals surface area contributed by atoms with Crippen LogP contribution < -0.4 is 0 Å². The van der Waals surface area contributed by atoms with Crippen LogP contribution in [0.3, 0.4) is 0 Å². The van der Waals surface area contributed by atoms with Crippen LogP contribution in [0.15, 0.2) is 23.3 Å². The molecule has 0 atom stereocenters. The van der Waals surface area contributed by atoms with E-state index >= 15 is 0 Å². The van der Waals surface area contributed by atoms with Crippen LogP contribution in [-0.4, -0.2) is 12.2 Å². The first-order valence-electron chi connectivity index (χ1n) is 6.04. The summed E-state index contributed by atoms with van der Waals surface area (Å²) in [5.74, 6) is -9.80. The van der Waals surface area contributed by atoms with Gasteiger partial charge >= 0.3 is 12.2 Å². The van der Waals surface area contributed by atoms with E-state index in [1.807, 2.05) is 0 Å². The van der Waals surface area contributed by atoms with E-state index in [1.54, 1.807) is 0 Å². The van der Waals surface area contributed by atoms with Gasteiger partial charge < -0.3 is 0 Å². The molecule has 9 heteroatoms. The second kappa shape index (κ2) is 7.77. The molecule has 0 rings (SSSR count). The molecule has 0 fully saturated rings. The first kappa shape index (κ1) is 19.9. The lowest BCUT2D eigenvalue weighted by Crippen LogP contribution is -2.35. The van der Waals surface area contributed by atoms with E-state index < -0.39 is 48.4 Å². The number of allylic oxidation sites excluding steroid dienone is 2. The Hall–Kier alpha value is -1.12. The maximum Gasteiger partial charge on any atom is 0.416 e. The van der Waals surface area contributed by atoms with Gasteiger partial charge in [0.25, 0.3) is 0 Å². The van der Waals surface area contributed by atoms with Crippen LogP contribution in [0, 0.1) is 0 Å². The molecule has 124 valence electrons. The fraction of sp³-hybridized carbons (Fsp3) is 0.667. The van der Waals surface area contributed by atoms with Crippen molar-refractivity contribution in [3.8, 4) is 0 Å². The van der Waals surface area contributed by atoms with Gasteiger partial charge in [-0.2, -0.15) is 26.3 Å². The van der Waals surface area contributed by atoms with E-state index in [4.69, 9.17) is 0 Å². The third-order valence-electron chi connectivity index (χ3n) is 2.18. The smallest absolute Gasteiger partial charge is 0.243 e. The Bertz CT molecular complexity index is 375. The van der Waals surface area contributed by atoms with Crippen LogP contribution in [0.1, 0.15) is 39.5 Å². The van der Waals surface area contributed by atoms with E-state index in [9.17, 15) is 35.1 Å². The SMILES string of the molecule is CCC/C(F)=C(/F)C(F)(F)OC(F)(F)/C(F)=C(/F)CCC. The Kier molecular flexibility index (Phi) is 7.35. The van der Waals surface area contributed by atoms with Gasteiger partial charge in [-0.1, -0.05) is 13.8 Å². The normalized spacial score (nSPS) is 15.7. The fourth-order valence-electron chi connectivity index (χ4n) is 1.22. The fourth-order valence-corrected chi connectivity index (χ4v) is 1.22. The van der Waals surface area contributed by atoms with Crippen molar-refractivity contribution >= 4 is 0 Å². The maximum atomic E-state index is 13.0. The molecule has 0 unspecified atom stereocenters. The van der Waals surface area contributed by atoms with Crippen molar-refractivity contribution in [2.45, 2.75) is 51.7 Å². The molecule has 1 nitrogen and oxygen atoms in total. The molecular formula is C12H14F8O. The van der Waals surface area contributed by atoms with Gasteiger partial charge in [-0.25, -0.2) is 13.5 Å². The number of rotatable bonds is 8. The number of ether oxygens (including phenoxy) is 1. The summed E-state index contributed by atoms with van der Waals surface area (Å²) in [6.45, 7) is 2.64. The Labute approximate surface area is 116 Å². The lowest BCUT2D eigenvalue weighted by atomic mass is 10.2. The largest absolute Gasteiger partial charge is 0.416 e. The summed E-state index contributed by atoms with van der Waals surface area (Å²) in [5, 5.41) is 0. The van der Waals surface area contributed by atoms with Crippen LogP contribution in [0.2, 0.25) is 0 Å². The van der Waals surface area contributed by atoms with Gasteiger partial charge in [0.15, 0.2) is 0 Å². The van der Waals surface area contributed by atoms with E-state index in [1.165, 1.54) is 13.8 Å². The Morgan fingerprint density at radius 1 is 0.714 bits per heavy atom. The molecule has 0 aromatic heterocycles. The summed E-state index contributed by atoms with van der Waals surface area (Å²) >= 11 is 0. The molecule has 0 radical (unpaired) electrons. The van der Waals surface area contributed by atoms with Crippen molar-refractivity contribution in [2.75, 3.05) is 0 Å². The molecule has 0 spiro atoms. The summed E-state index contributed by atoms with van der Waals surface area (Å²) in [4.78, 5) is 0. The van der Waals surface area contributed by atoms with Crippen molar-refractivity contribution in [3.05, 3.63) is 23.3 Å². The van der Waals surface area contributed by atoms with Crippen LogP contribution in [0.25, 0.3) is 0 Å². The molecular weight excluding hydrogens is 312 g/mol. The lowest BCUT2D eigenvalue weighted by Gasteiger charge is -2.22. The second-order valence-electron chi connectivity index (χ2n) is 4.07. The van der Waals surface area contributed by atoms with Crippen LogP contribution in [0.5, 0.6) is 0 Å². The second-order valence-corrected chi connectivity index (χ2v) is 4.07. The Morgan fingerprint density at radius 2 is 1.00 bits per heavy atom.